The van der Waals surface area contributed by atoms with Crippen LogP contribution in [0.3, 0.4) is 0 Å². The molecular formula is C5H10O5. The summed E-state index contributed by atoms with van der Waals surface area (Å²) in [7, 11) is 0. The van der Waals surface area contributed by atoms with Crippen LogP contribution >= 0.6 is 0 Å². The fourth-order valence-corrected chi connectivity index (χ4v) is 0.791. The molecule has 0 spiro atoms. The van der Waals surface area contributed by atoms with Crippen molar-refractivity contribution in [3.05, 3.63) is 0 Å². The van der Waals surface area contributed by atoms with Crippen molar-refractivity contribution in [2.75, 3.05) is 6.61 Å². The van der Waals surface area contributed by atoms with Crippen LogP contribution in [-0.4, -0.2) is 51.6 Å². The maximum Gasteiger partial charge on any atom is 0.183 e. The number of hydrogen-bond acceptors (Lipinski definition) is 5. The lowest BCUT2D eigenvalue weighted by atomic mass is 11.0. The molecule has 0 bridgehead atoms. The highest BCUT2D eigenvalue weighted by Crippen LogP contribution is 2.12. The lowest BCUT2D eigenvalue weighted by molar-refractivity contribution is -0.252. The summed E-state index contributed by atoms with van der Waals surface area (Å²) in [5, 5.41) is 35.3. The maximum atomic E-state index is 8.88. The summed E-state index contributed by atoms with van der Waals surface area (Å²) in [5.74, 6) is 0. The standard InChI is InChI=1S/C5H10O5/c6-2-1-10-5(9)4(8)3(2)7/h2-9H,1H2/t2-,3+,4-,5?/m0/s1/i1+1,2+1,3+1,4+1,5+1. The Hall–Kier alpha value is -0.200. The second-order valence-corrected chi connectivity index (χ2v) is 2.27. The van der Waals surface area contributed by atoms with E-state index in [9.17, 15) is 0 Å². The number of aliphatic hydroxyl groups is 4. The number of rotatable bonds is 0. The number of hydrogen-bond donors (Lipinski definition) is 4. The van der Waals surface area contributed by atoms with Gasteiger partial charge in [0.1, 0.15) is 18.3 Å². The lowest BCUT2D eigenvalue weighted by Gasteiger charge is -2.31. The zero-order valence-electron chi connectivity index (χ0n) is 5.21. The van der Waals surface area contributed by atoms with Crippen molar-refractivity contribution >= 4 is 0 Å². The van der Waals surface area contributed by atoms with E-state index in [0.29, 0.717) is 0 Å². The van der Waals surface area contributed by atoms with Crippen LogP contribution in [0.2, 0.25) is 0 Å². The van der Waals surface area contributed by atoms with Crippen molar-refractivity contribution in [1.82, 2.24) is 0 Å². The summed E-state index contributed by atoms with van der Waals surface area (Å²) in [6.45, 7) is -0.153. The predicted octanol–water partition coefficient (Wildman–Crippen LogP) is -2.58. The average Bonchev–Trinajstić information content (AvgIpc) is 1.93. The van der Waals surface area contributed by atoms with Crippen LogP contribution in [0.1, 0.15) is 0 Å². The highest BCUT2D eigenvalue weighted by molar-refractivity contribution is 4.81. The zero-order valence-corrected chi connectivity index (χ0v) is 5.21. The quantitative estimate of drug-likeness (QED) is 0.288. The van der Waals surface area contributed by atoms with E-state index in [1.165, 1.54) is 0 Å². The molecule has 1 unspecified atom stereocenters. The average molecular weight is 155 g/mol. The summed E-state index contributed by atoms with van der Waals surface area (Å²) >= 11 is 0. The van der Waals surface area contributed by atoms with Crippen LogP contribution in [0.25, 0.3) is 0 Å². The smallest absolute Gasteiger partial charge is 0.183 e. The Balaban J connectivity index is 2.52. The first kappa shape index (κ1) is 7.90. The van der Waals surface area contributed by atoms with E-state index < -0.39 is 24.6 Å². The summed E-state index contributed by atoms with van der Waals surface area (Å²) in [4.78, 5) is 0. The van der Waals surface area contributed by atoms with E-state index >= 15 is 0 Å². The minimum absolute atomic E-state index is 0.153. The summed E-state index contributed by atoms with van der Waals surface area (Å²) in [5.41, 5.74) is 0. The molecule has 1 aliphatic rings. The lowest BCUT2D eigenvalue weighted by Crippen LogP contribution is -2.52. The summed E-state index contributed by atoms with van der Waals surface area (Å²) < 4.78 is 4.47. The second-order valence-electron chi connectivity index (χ2n) is 2.27. The van der Waals surface area contributed by atoms with Gasteiger partial charge in [0.2, 0.25) is 0 Å². The molecule has 10 heavy (non-hydrogen) atoms. The van der Waals surface area contributed by atoms with E-state index in [0.717, 1.165) is 0 Å². The van der Waals surface area contributed by atoms with Crippen LogP contribution in [0, 0.1) is 0 Å². The number of ether oxygens (including phenoxy) is 1. The van der Waals surface area contributed by atoms with Gasteiger partial charge in [0, 0.05) is 0 Å². The van der Waals surface area contributed by atoms with Crippen LogP contribution in [0.5, 0.6) is 0 Å². The minimum Gasteiger partial charge on any atom is -0.388 e. The van der Waals surface area contributed by atoms with Crippen molar-refractivity contribution in [1.29, 1.82) is 0 Å². The molecule has 60 valence electrons. The van der Waals surface area contributed by atoms with Gasteiger partial charge < -0.3 is 25.2 Å². The van der Waals surface area contributed by atoms with Crippen LogP contribution in [0.15, 0.2) is 0 Å². The predicted molar refractivity (Wildman–Crippen MR) is 30.0 cm³/mol. The third kappa shape index (κ3) is 1.28. The van der Waals surface area contributed by atoms with E-state index in [1.807, 2.05) is 0 Å². The minimum atomic E-state index is -1.41. The second kappa shape index (κ2) is 2.81. The van der Waals surface area contributed by atoms with Gasteiger partial charge in [-0.25, -0.2) is 0 Å². The molecule has 1 aliphatic heterocycles. The molecule has 1 fully saturated rings. The molecular weight excluding hydrogens is 145 g/mol. The fourth-order valence-electron chi connectivity index (χ4n) is 0.791. The topological polar surface area (TPSA) is 90.2 Å². The van der Waals surface area contributed by atoms with Crippen molar-refractivity contribution < 1.29 is 25.2 Å². The molecule has 1 saturated heterocycles. The molecule has 5 nitrogen and oxygen atoms in total. The Labute approximate surface area is 57.5 Å². The Kier molecular flexibility index (Phi) is 2.22. The van der Waals surface area contributed by atoms with Gasteiger partial charge in [0.25, 0.3) is 0 Å². The van der Waals surface area contributed by atoms with Gasteiger partial charge in [-0.05, 0) is 0 Å². The van der Waals surface area contributed by atoms with E-state index in [4.69, 9.17) is 20.4 Å². The van der Waals surface area contributed by atoms with Crippen molar-refractivity contribution in [3.8, 4) is 0 Å². The molecule has 0 saturated carbocycles. The van der Waals surface area contributed by atoms with E-state index in [-0.39, 0.29) is 6.61 Å². The normalized spacial score (nSPS) is 49.2. The molecule has 5 heteroatoms. The Morgan fingerprint density at radius 1 is 1.00 bits per heavy atom. The summed E-state index contributed by atoms with van der Waals surface area (Å²) in [6, 6.07) is 0. The number of aliphatic hydroxyl groups excluding tert-OH is 4. The molecule has 0 amide bonds. The van der Waals surface area contributed by atoms with Gasteiger partial charge in [-0.3, -0.25) is 0 Å². The van der Waals surface area contributed by atoms with E-state index in [1.54, 1.807) is 0 Å². The third-order valence-corrected chi connectivity index (χ3v) is 1.47. The first-order chi connectivity index (χ1) is 4.63. The molecule has 1 heterocycles. The highest BCUT2D eigenvalue weighted by Gasteiger charge is 2.36. The zero-order chi connectivity index (χ0) is 7.72. The maximum absolute atomic E-state index is 8.88. The monoisotopic (exact) mass is 155 g/mol. The molecule has 1 rings (SSSR count). The van der Waals surface area contributed by atoms with Crippen molar-refractivity contribution in [2.24, 2.45) is 0 Å². The first-order valence-electron chi connectivity index (χ1n) is 2.97. The largest absolute Gasteiger partial charge is 0.388 e. The Morgan fingerprint density at radius 3 is 2.10 bits per heavy atom. The van der Waals surface area contributed by atoms with Gasteiger partial charge in [-0.1, -0.05) is 0 Å². The molecule has 0 aromatic carbocycles. The van der Waals surface area contributed by atoms with Gasteiger partial charge in [0.15, 0.2) is 6.29 Å². The first-order valence-corrected chi connectivity index (χ1v) is 2.97. The van der Waals surface area contributed by atoms with Crippen LogP contribution < -0.4 is 0 Å². The molecule has 0 aliphatic carbocycles. The molecule has 0 radical (unpaired) electrons. The molecule has 0 aromatic heterocycles. The van der Waals surface area contributed by atoms with E-state index in [2.05, 4.69) is 4.74 Å². The van der Waals surface area contributed by atoms with Crippen LogP contribution in [-0.2, 0) is 4.74 Å². The highest BCUT2D eigenvalue weighted by atomic mass is 16.8. The van der Waals surface area contributed by atoms with Crippen LogP contribution in [0.4, 0.5) is 0 Å². The Morgan fingerprint density at radius 2 is 1.60 bits per heavy atom. The van der Waals surface area contributed by atoms with Gasteiger partial charge in [0.05, 0.1) is 6.61 Å². The molecule has 4 atom stereocenters. The Bertz CT molecular complexity index is 103. The molecule has 0 aromatic rings. The van der Waals surface area contributed by atoms with Crippen molar-refractivity contribution in [2.45, 2.75) is 24.6 Å². The van der Waals surface area contributed by atoms with Gasteiger partial charge >= 0.3 is 0 Å². The third-order valence-electron chi connectivity index (χ3n) is 1.47. The molecule has 4 N–H and O–H groups in total. The van der Waals surface area contributed by atoms with Gasteiger partial charge in [-0.2, -0.15) is 0 Å². The van der Waals surface area contributed by atoms with Crippen molar-refractivity contribution in [3.63, 3.8) is 0 Å². The summed E-state index contributed by atoms with van der Waals surface area (Å²) in [6.07, 6.45) is -5.23. The fraction of sp³-hybridized carbons (Fsp3) is 1.00. The SMILES string of the molecule is O[13CH]1O[13CH2][13C@H](O)[13C@@H](O)[13C@@H]1O. The van der Waals surface area contributed by atoms with Gasteiger partial charge in [-0.15, -0.1) is 0 Å².